The lowest BCUT2D eigenvalue weighted by Crippen LogP contribution is -2.07. The maximum Gasteiger partial charge on any atom is 0.330 e. The number of carbonyl (C=O) groups excluding carboxylic acids is 3. The number of hydrogen-bond donors (Lipinski definition) is 0. The van der Waals surface area contributed by atoms with E-state index in [0.717, 1.165) is 12.2 Å². The summed E-state index contributed by atoms with van der Waals surface area (Å²) in [5.74, 6) is -1.28. The summed E-state index contributed by atoms with van der Waals surface area (Å²) in [7, 11) is 0. The first-order valence-electron chi connectivity index (χ1n) is 5.13. The highest BCUT2D eigenvalue weighted by molar-refractivity contribution is 5.96. The number of carbonyl (C=O) groups is 3. The fourth-order valence-corrected chi connectivity index (χ4v) is 0.893. The zero-order valence-corrected chi connectivity index (χ0v) is 9.52. The first-order valence-corrected chi connectivity index (χ1v) is 5.13. The number of ketones is 1. The number of allylic oxidation sites excluding steroid dienone is 1. The fourth-order valence-electron chi connectivity index (χ4n) is 0.893. The summed E-state index contributed by atoms with van der Waals surface area (Å²) in [4.78, 5) is 32.9. The predicted molar refractivity (Wildman–Crippen MR) is 56.6 cm³/mol. The second kappa shape index (κ2) is 8.64. The smallest absolute Gasteiger partial charge is 0.330 e. The SMILES string of the molecule is CCOC(=O)C=CC(=O)CCC(=O)OCC. The van der Waals surface area contributed by atoms with Crippen molar-refractivity contribution in [3.8, 4) is 0 Å². The normalized spacial score (nSPS) is 10.1. The van der Waals surface area contributed by atoms with E-state index < -0.39 is 11.9 Å². The highest BCUT2D eigenvalue weighted by Crippen LogP contribution is 1.96. The van der Waals surface area contributed by atoms with Crippen LogP contribution in [0, 0.1) is 0 Å². The van der Waals surface area contributed by atoms with Gasteiger partial charge in [-0.3, -0.25) is 9.59 Å². The highest BCUT2D eigenvalue weighted by Gasteiger charge is 2.05. The van der Waals surface area contributed by atoms with Gasteiger partial charge in [-0.2, -0.15) is 0 Å². The van der Waals surface area contributed by atoms with Crippen LogP contribution < -0.4 is 0 Å². The van der Waals surface area contributed by atoms with Crippen molar-refractivity contribution in [2.45, 2.75) is 26.7 Å². The van der Waals surface area contributed by atoms with Gasteiger partial charge in [0.15, 0.2) is 5.78 Å². The Labute approximate surface area is 94.4 Å². The molecule has 0 saturated carbocycles. The van der Waals surface area contributed by atoms with Gasteiger partial charge < -0.3 is 9.47 Å². The lowest BCUT2D eigenvalue weighted by molar-refractivity contribution is -0.144. The third kappa shape index (κ3) is 7.73. The van der Waals surface area contributed by atoms with Gasteiger partial charge in [0.2, 0.25) is 0 Å². The van der Waals surface area contributed by atoms with Crippen LogP contribution >= 0.6 is 0 Å². The minimum Gasteiger partial charge on any atom is -0.466 e. The molecule has 5 heteroatoms. The summed E-state index contributed by atoms with van der Waals surface area (Å²) in [5, 5.41) is 0. The monoisotopic (exact) mass is 228 g/mol. The molecule has 0 atom stereocenters. The Kier molecular flexibility index (Phi) is 7.75. The summed E-state index contributed by atoms with van der Waals surface area (Å²) in [6, 6.07) is 0. The van der Waals surface area contributed by atoms with Crippen molar-refractivity contribution in [1.82, 2.24) is 0 Å². The van der Waals surface area contributed by atoms with Crippen molar-refractivity contribution in [2.24, 2.45) is 0 Å². The summed E-state index contributed by atoms with van der Waals surface area (Å²) >= 11 is 0. The molecule has 0 aromatic heterocycles. The van der Waals surface area contributed by atoms with Gasteiger partial charge >= 0.3 is 11.9 Å². The molecule has 0 heterocycles. The van der Waals surface area contributed by atoms with Gasteiger partial charge in [0.05, 0.1) is 19.6 Å². The molecule has 5 nitrogen and oxygen atoms in total. The molecule has 0 fully saturated rings. The topological polar surface area (TPSA) is 69.7 Å². The van der Waals surface area contributed by atoms with Gasteiger partial charge in [-0.15, -0.1) is 0 Å². The fraction of sp³-hybridized carbons (Fsp3) is 0.545. The Morgan fingerprint density at radius 3 is 2.12 bits per heavy atom. The number of rotatable bonds is 7. The summed E-state index contributed by atoms with van der Waals surface area (Å²) < 4.78 is 9.24. The van der Waals surface area contributed by atoms with Gasteiger partial charge in [-0.1, -0.05) is 0 Å². The molecule has 16 heavy (non-hydrogen) atoms. The Bertz CT molecular complexity index is 280. The standard InChI is InChI=1S/C11H16O5/c1-3-15-10(13)7-5-9(12)6-8-11(14)16-4-2/h5,7H,3-4,6,8H2,1-2H3. The van der Waals surface area contributed by atoms with Crippen molar-refractivity contribution in [3.05, 3.63) is 12.2 Å². The van der Waals surface area contributed by atoms with Crippen LogP contribution in [0.3, 0.4) is 0 Å². The first-order chi connectivity index (χ1) is 7.60. The van der Waals surface area contributed by atoms with E-state index in [4.69, 9.17) is 0 Å². The molecule has 0 rings (SSSR count). The average molecular weight is 228 g/mol. The predicted octanol–water partition coefficient (Wildman–Crippen LogP) is 1.02. The second-order valence-electron chi connectivity index (χ2n) is 2.86. The Morgan fingerprint density at radius 1 is 0.938 bits per heavy atom. The molecule has 0 bridgehead atoms. The van der Waals surface area contributed by atoms with Gasteiger partial charge in [-0.05, 0) is 19.9 Å². The molecule has 0 spiro atoms. The van der Waals surface area contributed by atoms with Crippen LogP contribution in [0.2, 0.25) is 0 Å². The highest BCUT2D eigenvalue weighted by atomic mass is 16.5. The van der Waals surface area contributed by atoms with Gasteiger partial charge in [-0.25, -0.2) is 4.79 Å². The Hall–Kier alpha value is -1.65. The lowest BCUT2D eigenvalue weighted by atomic mass is 10.2. The molecule has 0 aliphatic carbocycles. The zero-order valence-electron chi connectivity index (χ0n) is 9.52. The molecule has 0 unspecified atom stereocenters. The van der Waals surface area contributed by atoms with E-state index in [1.807, 2.05) is 0 Å². The van der Waals surface area contributed by atoms with E-state index in [9.17, 15) is 14.4 Å². The van der Waals surface area contributed by atoms with Crippen LogP contribution in [0.4, 0.5) is 0 Å². The third-order valence-electron chi connectivity index (χ3n) is 1.57. The van der Waals surface area contributed by atoms with Crippen LogP contribution in [0.15, 0.2) is 12.2 Å². The van der Waals surface area contributed by atoms with Gasteiger partial charge in [0, 0.05) is 12.5 Å². The van der Waals surface area contributed by atoms with Crippen molar-refractivity contribution in [2.75, 3.05) is 13.2 Å². The van der Waals surface area contributed by atoms with Crippen molar-refractivity contribution in [3.63, 3.8) is 0 Å². The number of ether oxygens (including phenoxy) is 2. The molecule has 0 aromatic carbocycles. The van der Waals surface area contributed by atoms with Crippen molar-refractivity contribution >= 4 is 17.7 Å². The maximum absolute atomic E-state index is 11.2. The Balaban J connectivity index is 3.82. The molecule has 0 amide bonds. The third-order valence-corrected chi connectivity index (χ3v) is 1.57. The zero-order chi connectivity index (χ0) is 12.4. The summed E-state index contributed by atoms with van der Waals surface area (Å²) in [6.45, 7) is 3.93. The van der Waals surface area contributed by atoms with Gasteiger partial charge in [0.25, 0.3) is 0 Å². The molecule has 0 N–H and O–H groups in total. The Morgan fingerprint density at radius 2 is 1.56 bits per heavy atom. The molecule has 0 radical (unpaired) electrons. The summed E-state index contributed by atoms with van der Waals surface area (Å²) in [5.41, 5.74) is 0. The van der Waals surface area contributed by atoms with E-state index in [2.05, 4.69) is 9.47 Å². The van der Waals surface area contributed by atoms with Crippen molar-refractivity contribution < 1.29 is 23.9 Å². The maximum atomic E-state index is 11.2. The van der Waals surface area contributed by atoms with E-state index in [1.54, 1.807) is 13.8 Å². The molecule has 0 saturated heterocycles. The van der Waals surface area contributed by atoms with E-state index in [0.29, 0.717) is 6.61 Å². The van der Waals surface area contributed by atoms with E-state index >= 15 is 0 Å². The quantitative estimate of drug-likeness (QED) is 0.480. The minimum absolute atomic E-state index is 0.0276. The molecular weight excluding hydrogens is 212 g/mol. The summed E-state index contributed by atoms with van der Waals surface area (Å²) in [6.07, 6.45) is 2.22. The first kappa shape index (κ1) is 14.3. The minimum atomic E-state index is -0.563. The van der Waals surface area contributed by atoms with Crippen LogP contribution in [0.5, 0.6) is 0 Å². The molecule has 90 valence electrons. The number of esters is 2. The molecule has 0 aromatic rings. The largest absolute Gasteiger partial charge is 0.466 e. The van der Waals surface area contributed by atoms with Crippen molar-refractivity contribution in [1.29, 1.82) is 0 Å². The second-order valence-corrected chi connectivity index (χ2v) is 2.86. The molecule has 0 aliphatic heterocycles. The van der Waals surface area contributed by atoms with Crippen LogP contribution in [-0.2, 0) is 23.9 Å². The lowest BCUT2D eigenvalue weighted by Gasteiger charge is -1.98. The number of hydrogen-bond acceptors (Lipinski definition) is 5. The van der Waals surface area contributed by atoms with E-state index in [1.165, 1.54) is 0 Å². The molecule has 0 aliphatic rings. The molecular formula is C11H16O5. The average Bonchev–Trinajstić information content (AvgIpc) is 2.24. The van der Waals surface area contributed by atoms with E-state index in [-0.39, 0.29) is 25.2 Å². The van der Waals surface area contributed by atoms with Gasteiger partial charge in [0.1, 0.15) is 0 Å². The van der Waals surface area contributed by atoms with Crippen LogP contribution in [0.1, 0.15) is 26.7 Å². The van der Waals surface area contributed by atoms with Crippen LogP contribution in [0.25, 0.3) is 0 Å². The van der Waals surface area contributed by atoms with Crippen LogP contribution in [-0.4, -0.2) is 30.9 Å².